The summed E-state index contributed by atoms with van der Waals surface area (Å²) >= 11 is 0. The van der Waals surface area contributed by atoms with E-state index in [4.69, 9.17) is 4.42 Å². The van der Waals surface area contributed by atoms with Crippen molar-refractivity contribution in [2.24, 2.45) is 0 Å². The van der Waals surface area contributed by atoms with E-state index < -0.39 is 0 Å². The van der Waals surface area contributed by atoms with Gasteiger partial charge in [-0.1, -0.05) is 13.3 Å². The van der Waals surface area contributed by atoms with Gasteiger partial charge in [-0.15, -0.1) is 0 Å². The monoisotopic (exact) mass is 238 g/mol. The molecular formula is C13H22N2O2. The second-order valence-corrected chi connectivity index (χ2v) is 4.37. The van der Waals surface area contributed by atoms with Gasteiger partial charge in [0.1, 0.15) is 11.5 Å². The van der Waals surface area contributed by atoms with Crippen LogP contribution in [-0.4, -0.2) is 18.5 Å². The molecule has 0 bridgehead atoms. The first kappa shape index (κ1) is 13.8. The van der Waals surface area contributed by atoms with Crippen molar-refractivity contribution in [3.05, 3.63) is 23.7 Å². The van der Waals surface area contributed by atoms with Gasteiger partial charge in [-0.25, -0.2) is 0 Å². The Morgan fingerprint density at radius 3 is 2.82 bits per heavy atom. The lowest BCUT2D eigenvalue weighted by Crippen LogP contribution is -2.38. The van der Waals surface area contributed by atoms with Crippen LogP contribution in [0.5, 0.6) is 0 Å². The van der Waals surface area contributed by atoms with Crippen molar-refractivity contribution in [3.8, 4) is 0 Å². The summed E-state index contributed by atoms with van der Waals surface area (Å²) < 4.78 is 5.39. The van der Waals surface area contributed by atoms with Gasteiger partial charge in [0.25, 0.3) is 0 Å². The largest absolute Gasteiger partial charge is 0.465 e. The van der Waals surface area contributed by atoms with Gasteiger partial charge in [0.05, 0.1) is 13.1 Å². The zero-order valence-corrected chi connectivity index (χ0v) is 10.9. The van der Waals surface area contributed by atoms with Crippen molar-refractivity contribution in [2.75, 3.05) is 6.54 Å². The summed E-state index contributed by atoms with van der Waals surface area (Å²) in [5.41, 5.74) is 0. The van der Waals surface area contributed by atoms with Gasteiger partial charge in [0.15, 0.2) is 0 Å². The zero-order chi connectivity index (χ0) is 12.7. The highest BCUT2D eigenvalue weighted by Gasteiger charge is 2.06. The molecular weight excluding hydrogens is 216 g/mol. The van der Waals surface area contributed by atoms with Crippen molar-refractivity contribution in [3.63, 3.8) is 0 Å². The number of amides is 1. The molecule has 0 aliphatic heterocycles. The molecule has 1 atom stereocenters. The van der Waals surface area contributed by atoms with Crippen molar-refractivity contribution in [1.82, 2.24) is 10.6 Å². The fourth-order valence-electron chi connectivity index (χ4n) is 1.71. The third kappa shape index (κ3) is 5.54. The summed E-state index contributed by atoms with van der Waals surface area (Å²) in [7, 11) is 0. The molecule has 1 aromatic heterocycles. The Hall–Kier alpha value is -1.29. The van der Waals surface area contributed by atoms with Gasteiger partial charge in [0, 0.05) is 6.04 Å². The molecule has 1 amide bonds. The number of furan rings is 1. The van der Waals surface area contributed by atoms with E-state index in [-0.39, 0.29) is 11.9 Å². The first-order valence-corrected chi connectivity index (χ1v) is 6.17. The van der Waals surface area contributed by atoms with Gasteiger partial charge in [-0.2, -0.15) is 0 Å². The van der Waals surface area contributed by atoms with E-state index in [1.165, 1.54) is 0 Å². The summed E-state index contributed by atoms with van der Waals surface area (Å²) in [6.07, 6.45) is 2.10. The average Bonchev–Trinajstić information content (AvgIpc) is 2.64. The number of carbonyl (C=O) groups excluding carboxylic acids is 1. The van der Waals surface area contributed by atoms with Crippen LogP contribution in [0.25, 0.3) is 0 Å². The van der Waals surface area contributed by atoms with Crippen LogP contribution in [0.1, 0.15) is 38.2 Å². The van der Waals surface area contributed by atoms with E-state index >= 15 is 0 Å². The van der Waals surface area contributed by atoms with E-state index in [2.05, 4.69) is 17.6 Å². The molecule has 1 heterocycles. The van der Waals surface area contributed by atoms with Gasteiger partial charge in [-0.05, 0) is 32.4 Å². The number of carbonyl (C=O) groups is 1. The second kappa shape index (κ2) is 7.12. The number of aryl methyl sites for hydroxylation is 1. The average molecular weight is 238 g/mol. The molecule has 1 aromatic rings. The molecule has 96 valence electrons. The summed E-state index contributed by atoms with van der Waals surface area (Å²) in [4.78, 5) is 11.5. The number of hydrogen-bond acceptors (Lipinski definition) is 3. The van der Waals surface area contributed by atoms with Crippen molar-refractivity contribution >= 4 is 5.91 Å². The predicted octanol–water partition coefficient (Wildman–Crippen LogP) is 1.98. The summed E-state index contributed by atoms with van der Waals surface area (Å²) in [6, 6.07) is 4.08. The smallest absolute Gasteiger partial charge is 0.234 e. The minimum absolute atomic E-state index is 0.0363. The van der Waals surface area contributed by atoms with Gasteiger partial charge in [-0.3, -0.25) is 4.79 Å². The Morgan fingerprint density at radius 2 is 2.24 bits per heavy atom. The maximum Gasteiger partial charge on any atom is 0.234 e. The zero-order valence-electron chi connectivity index (χ0n) is 10.9. The topological polar surface area (TPSA) is 54.3 Å². The van der Waals surface area contributed by atoms with Crippen LogP contribution in [0, 0.1) is 6.92 Å². The molecule has 4 nitrogen and oxygen atoms in total. The highest BCUT2D eigenvalue weighted by Crippen LogP contribution is 2.05. The minimum atomic E-state index is 0.0363. The van der Waals surface area contributed by atoms with Crippen molar-refractivity contribution < 1.29 is 9.21 Å². The van der Waals surface area contributed by atoms with Crippen LogP contribution in [0.2, 0.25) is 0 Å². The normalized spacial score (nSPS) is 12.4. The van der Waals surface area contributed by atoms with E-state index in [1.807, 2.05) is 26.0 Å². The molecule has 0 spiro atoms. The maximum absolute atomic E-state index is 11.5. The van der Waals surface area contributed by atoms with Crippen LogP contribution in [0.15, 0.2) is 16.5 Å². The molecule has 0 saturated carbocycles. The van der Waals surface area contributed by atoms with Crippen molar-refractivity contribution in [2.45, 2.75) is 46.2 Å². The summed E-state index contributed by atoms with van der Waals surface area (Å²) in [5, 5.41) is 6.00. The standard InChI is InChI=1S/C13H22N2O2/c1-4-5-10(2)15-13(16)9-14-8-12-7-6-11(3)17-12/h6-7,10,14H,4-5,8-9H2,1-3H3,(H,15,16). The Bertz CT molecular complexity index is 347. The lowest BCUT2D eigenvalue weighted by Gasteiger charge is -2.12. The molecule has 0 saturated heterocycles. The van der Waals surface area contributed by atoms with Crippen molar-refractivity contribution in [1.29, 1.82) is 0 Å². The molecule has 0 aromatic carbocycles. The fraction of sp³-hybridized carbons (Fsp3) is 0.615. The Kier molecular flexibility index (Phi) is 5.77. The Labute approximate surface area is 103 Å². The van der Waals surface area contributed by atoms with E-state index in [1.54, 1.807) is 0 Å². The molecule has 17 heavy (non-hydrogen) atoms. The molecule has 1 unspecified atom stereocenters. The quantitative estimate of drug-likeness (QED) is 0.763. The molecule has 4 heteroatoms. The summed E-state index contributed by atoms with van der Waals surface area (Å²) in [5.74, 6) is 1.79. The lowest BCUT2D eigenvalue weighted by atomic mass is 10.2. The van der Waals surface area contributed by atoms with Gasteiger partial charge in [0.2, 0.25) is 5.91 Å². The first-order valence-electron chi connectivity index (χ1n) is 6.17. The maximum atomic E-state index is 11.5. The predicted molar refractivity (Wildman–Crippen MR) is 67.7 cm³/mol. The molecule has 0 radical (unpaired) electrons. The fourth-order valence-corrected chi connectivity index (χ4v) is 1.71. The number of rotatable bonds is 7. The lowest BCUT2D eigenvalue weighted by molar-refractivity contribution is -0.120. The van der Waals surface area contributed by atoms with Crippen LogP contribution in [-0.2, 0) is 11.3 Å². The molecule has 0 aliphatic carbocycles. The molecule has 2 N–H and O–H groups in total. The second-order valence-electron chi connectivity index (χ2n) is 4.37. The third-order valence-corrected chi connectivity index (χ3v) is 2.51. The number of hydrogen-bond donors (Lipinski definition) is 2. The Morgan fingerprint density at radius 1 is 1.47 bits per heavy atom. The SMILES string of the molecule is CCCC(C)NC(=O)CNCc1ccc(C)o1. The molecule has 0 fully saturated rings. The van der Waals surface area contributed by atoms with Crippen LogP contribution in [0.4, 0.5) is 0 Å². The molecule has 1 rings (SSSR count). The van der Waals surface area contributed by atoms with E-state index in [0.717, 1.165) is 24.4 Å². The highest BCUT2D eigenvalue weighted by atomic mass is 16.3. The van der Waals surface area contributed by atoms with Gasteiger partial charge < -0.3 is 15.1 Å². The van der Waals surface area contributed by atoms with Crippen LogP contribution in [0.3, 0.4) is 0 Å². The van der Waals surface area contributed by atoms with E-state index in [9.17, 15) is 4.79 Å². The molecule has 0 aliphatic rings. The Balaban J connectivity index is 2.16. The highest BCUT2D eigenvalue weighted by molar-refractivity contribution is 5.78. The summed E-state index contributed by atoms with van der Waals surface area (Å²) in [6.45, 7) is 6.96. The number of nitrogens with one attached hydrogen (secondary N) is 2. The van der Waals surface area contributed by atoms with Crippen LogP contribution < -0.4 is 10.6 Å². The van der Waals surface area contributed by atoms with E-state index in [0.29, 0.717) is 13.1 Å². The third-order valence-electron chi connectivity index (χ3n) is 2.51. The first-order chi connectivity index (χ1) is 8.11. The van der Waals surface area contributed by atoms with Crippen LogP contribution >= 0.6 is 0 Å². The van der Waals surface area contributed by atoms with Gasteiger partial charge >= 0.3 is 0 Å². The minimum Gasteiger partial charge on any atom is -0.465 e.